The molecule has 0 amide bonds. The number of nitrogens with one attached hydrogen (secondary N) is 1. The molecule has 1 N–H and O–H groups in total. The highest BCUT2D eigenvalue weighted by Crippen LogP contribution is 2.20. The maximum Gasteiger partial charge on any atom is 0.123 e. The topological polar surface area (TPSA) is 12.0 Å². The standard InChI is InChI=1S/C17H19ClFN/c1-12-3-6-14(17(18)9-12)11-16(20-2)10-13-4-7-15(19)8-5-13/h3-9,16,20H,10-11H2,1-2H3. The molecule has 0 aromatic heterocycles. The van der Waals surface area contributed by atoms with E-state index in [2.05, 4.69) is 17.4 Å². The molecule has 2 aromatic carbocycles. The minimum atomic E-state index is -0.198. The summed E-state index contributed by atoms with van der Waals surface area (Å²) in [7, 11) is 1.94. The van der Waals surface area contributed by atoms with Crippen molar-refractivity contribution in [2.75, 3.05) is 7.05 Å². The lowest BCUT2D eigenvalue weighted by Crippen LogP contribution is -2.30. The molecule has 0 saturated heterocycles. The van der Waals surface area contributed by atoms with Crippen molar-refractivity contribution in [2.24, 2.45) is 0 Å². The van der Waals surface area contributed by atoms with Crippen molar-refractivity contribution in [3.8, 4) is 0 Å². The second-order valence-corrected chi connectivity index (χ2v) is 5.52. The van der Waals surface area contributed by atoms with Gasteiger partial charge in [0.05, 0.1) is 0 Å². The molecule has 20 heavy (non-hydrogen) atoms. The molecule has 0 spiro atoms. The van der Waals surface area contributed by atoms with Gasteiger partial charge in [-0.25, -0.2) is 4.39 Å². The van der Waals surface area contributed by atoms with Crippen LogP contribution in [0.3, 0.4) is 0 Å². The van der Waals surface area contributed by atoms with Gasteiger partial charge in [-0.05, 0) is 61.7 Å². The number of hydrogen-bond donors (Lipinski definition) is 1. The summed E-state index contributed by atoms with van der Waals surface area (Å²) in [5, 5.41) is 4.11. The first kappa shape index (κ1) is 15.0. The molecule has 0 fully saturated rings. The van der Waals surface area contributed by atoms with Gasteiger partial charge in [0.2, 0.25) is 0 Å². The molecule has 1 nitrogen and oxygen atoms in total. The lowest BCUT2D eigenvalue weighted by Gasteiger charge is -2.17. The highest BCUT2D eigenvalue weighted by atomic mass is 35.5. The Morgan fingerprint density at radius 1 is 1.10 bits per heavy atom. The smallest absolute Gasteiger partial charge is 0.123 e. The summed E-state index contributed by atoms with van der Waals surface area (Å²) in [6, 6.07) is 13.1. The van der Waals surface area contributed by atoms with E-state index >= 15 is 0 Å². The summed E-state index contributed by atoms with van der Waals surface area (Å²) in [4.78, 5) is 0. The Hall–Kier alpha value is -1.38. The average molecular weight is 292 g/mol. The molecular formula is C17H19ClFN. The molecule has 2 aromatic rings. The molecule has 1 unspecified atom stereocenters. The summed E-state index contributed by atoms with van der Waals surface area (Å²) in [5.41, 5.74) is 3.42. The quantitative estimate of drug-likeness (QED) is 0.872. The molecule has 3 heteroatoms. The summed E-state index contributed by atoms with van der Waals surface area (Å²) in [5.74, 6) is -0.198. The van der Waals surface area contributed by atoms with Gasteiger partial charge in [-0.1, -0.05) is 35.9 Å². The van der Waals surface area contributed by atoms with Gasteiger partial charge in [0, 0.05) is 11.1 Å². The Morgan fingerprint density at radius 2 is 1.80 bits per heavy atom. The monoisotopic (exact) mass is 291 g/mol. The average Bonchev–Trinajstić information content (AvgIpc) is 2.43. The van der Waals surface area contributed by atoms with Crippen molar-refractivity contribution in [3.63, 3.8) is 0 Å². The molecule has 0 bridgehead atoms. The second kappa shape index (κ2) is 6.87. The Balaban J connectivity index is 2.07. The van der Waals surface area contributed by atoms with Crippen molar-refractivity contribution in [1.82, 2.24) is 5.32 Å². The fourth-order valence-electron chi connectivity index (χ4n) is 2.26. The highest BCUT2D eigenvalue weighted by molar-refractivity contribution is 6.31. The van der Waals surface area contributed by atoms with Gasteiger partial charge >= 0.3 is 0 Å². The van der Waals surface area contributed by atoms with E-state index in [1.807, 2.05) is 32.2 Å². The fourth-order valence-corrected chi connectivity index (χ4v) is 2.58. The normalized spacial score (nSPS) is 12.4. The van der Waals surface area contributed by atoms with Gasteiger partial charge in [0.15, 0.2) is 0 Å². The number of likely N-dealkylation sites (N-methyl/N-ethyl adjacent to an activating group) is 1. The molecule has 1 atom stereocenters. The Bertz CT molecular complexity index is 566. The highest BCUT2D eigenvalue weighted by Gasteiger charge is 2.11. The SMILES string of the molecule is CNC(Cc1ccc(F)cc1)Cc1ccc(C)cc1Cl. The van der Waals surface area contributed by atoms with Crippen LogP contribution in [0.1, 0.15) is 16.7 Å². The molecule has 0 saturated carbocycles. The van der Waals surface area contributed by atoms with E-state index in [0.717, 1.165) is 29.0 Å². The third-order valence-corrected chi connectivity index (χ3v) is 3.83. The molecule has 2 rings (SSSR count). The number of aryl methyl sites for hydroxylation is 1. The van der Waals surface area contributed by atoms with Crippen LogP contribution in [0, 0.1) is 12.7 Å². The minimum absolute atomic E-state index is 0.198. The summed E-state index contributed by atoms with van der Waals surface area (Å²) < 4.78 is 12.9. The predicted molar refractivity (Wildman–Crippen MR) is 82.8 cm³/mol. The van der Waals surface area contributed by atoms with Crippen LogP contribution in [-0.4, -0.2) is 13.1 Å². The Labute approximate surface area is 124 Å². The summed E-state index contributed by atoms with van der Waals surface area (Å²) >= 11 is 6.28. The van der Waals surface area contributed by atoms with Gasteiger partial charge in [-0.3, -0.25) is 0 Å². The molecule has 0 aliphatic carbocycles. The summed E-state index contributed by atoms with van der Waals surface area (Å²) in [6.45, 7) is 2.03. The van der Waals surface area contributed by atoms with Crippen LogP contribution in [0.2, 0.25) is 5.02 Å². The maximum atomic E-state index is 12.9. The van der Waals surface area contributed by atoms with Gasteiger partial charge in [-0.15, -0.1) is 0 Å². The van der Waals surface area contributed by atoms with Crippen molar-refractivity contribution in [2.45, 2.75) is 25.8 Å². The predicted octanol–water partition coefficient (Wildman–Crippen LogP) is 4.16. The van der Waals surface area contributed by atoms with Crippen LogP contribution >= 0.6 is 11.6 Å². The first-order chi connectivity index (χ1) is 9.58. The van der Waals surface area contributed by atoms with Crippen molar-refractivity contribution in [1.29, 1.82) is 0 Å². The van der Waals surface area contributed by atoms with E-state index in [1.54, 1.807) is 0 Å². The summed E-state index contributed by atoms with van der Waals surface area (Å²) in [6.07, 6.45) is 1.70. The lowest BCUT2D eigenvalue weighted by atomic mass is 9.98. The largest absolute Gasteiger partial charge is 0.316 e. The van der Waals surface area contributed by atoms with E-state index in [1.165, 1.54) is 17.7 Å². The van der Waals surface area contributed by atoms with Crippen LogP contribution in [0.5, 0.6) is 0 Å². The van der Waals surface area contributed by atoms with Crippen LogP contribution < -0.4 is 5.32 Å². The van der Waals surface area contributed by atoms with Gasteiger partial charge in [-0.2, -0.15) is 0 Å². The molecule has 106 valence electrons. The molecular weight excluding hydrogens is 273 g/mol. The zero-order valence-electron chi connectivity index (χ0n) is 11.8. The number of halogens is 2. The second-order valence-electron chi connectivity index (χ2n) is 5.12. The lowest BCUT2D eigenvalue weighted by molar-refractivity contribution is 0.555. The Morgan fingerprint density at radius 3 is 2.40 bits per heavy atom. The van der Waals surface area contributed by atoms with Crippen LogP contribution in [0.4, 0.5) is 4.39 Å². The van der Waals surface area contributed by atoms with Crippen LogP contribution in [0.25, 0.3) is 0 Å². The first-order valence-electron chi connectivity index (χ1n) is 6.75. The molecule has 0 aliphatic rings. The zero-order valence-corrected chi connectivity index (χ0v) is 12.5. The first-order valence-corrected chi connectivity index (χ1v) is 7.13. The van der Waals surface area contributed by atoms with E-state index in [-0.39, 0.29) is 11.9 Å². The van der Waals surface area contributed by atoms with Crippen molar-refractivity contribution in [3.05, 3.63) is 70.0 Å². The van der Waals surface area contributed by atoms with E-state index < -0.39 is 0 Å². The molecule has 0 aliphatic heterocycles. The van der Waals surface area contributed by atoms with E-state index in [0.29, 0.717) is 0 Å². The number of rotatable bonds is 5. The third-order valence-electron chi connectivity index (χ3n) is 3.48. The van der Waals surface area contributed by atoms with Crippen LogP contribution in [0.15, 0.2) is 42.5 Å². The van der Waals surface area contributed by atoms with Crippen molar-refractivity contribution < 1.29 is 4.39 Å². The van der Waals surface area contributed by atoms with E-state index in [4.69, 9.17) is 11.6 Å². The van der Waals surface area contributed by atoms with Crippen molar-refractivity contribution >= 4 is 11.6 Å². The number of benzene rings is 2. The van der Waals surface area contributed by atoms with E-state index in [9.17, 15) is 4.39 Å². The van der Waals surface area contributed by atoms with Crippen LogP contribution in [-0.2, 0) is 12.8 Å². The van der Waals surface area contributed by atoms with Gasteiger partial charge < -0.3 is 5.32 Å². The molecule has 0 heterocycles. The molecule has 0 radical (unpaired) electrons. The maximum absolute atomic E-state index is 12.9. The third kappa shape index (κ3) is 4.06. The fraction of sp³-hybridized carbons (Fsp3) is 0.294. The zero-order chi connectivity index (χ0) is 14.5. The number of hydrogen-bond acceptors (Lipinski definition) is 1. The minimum Gasteiger partial charge on any atom is -0.316 e. The van der Waals surface area contributed by atoms with Gasteiger partial charge in [0.25, 0.3) is 0 Å². The Kier molecular flexibility index (Phi) is 5.16. The van der Waals surface area contributed by atoms with Gasteiger partial charge in [0.1, 0.15) is 5.82 Å².